The standard InChI is InChI=1S/C17H26N2O3/c1-2-3-4-5-10-18-16(20)14-8-11-19(12-9-14)17(21)15-7-6-13-22-15/h6-7,13-14H,2-5,8-12H2,1H3,(H,18,20). The Labute approximate surface area is 132 Å². The molecule has 0 aliphatic carbocycles. The fourth-order valence-corrected chi connectivity index (χ4v) is 2.81. The van der Waals surface area contributed by atoms with Crippen LogP contribution in [-0.2, 0) is 4.79 Å². The van der Waals surface area contributed by atoms with Gasteiger partial charge in [0.15, 0.2) is 5.76 Å². The number of hydrogen-bond donors (Lipinski definition) is 1. The summed E-state index contributed by atoms with van der Waals surface area (Å²) in [7, 11) is 0. The van der Waals surface area contributed by atoms with Crippen molar-refractivity contribution in [1.82, 2.24) is 10.2 Å². The Kier molecular flexibility index (Phi) is 6.49. The monoisotopic (exact) mass is 306 g/mol. The molecule has 1 N–H and O–H groups in total. The summed E-state index contributed by atoms with van der Waals surface area (Å²) in [5, 5.41) is 3.02. The molecule has 1 aromatic heterocycles. The van der Waals surface area contributed by atoms with Gasteiger partial charge in [0.2, 0.25) is 5.91 Å². The van der Waals surface area contributed by atoms with Crippen LogP contribution in [0.1, 0.15) is 56.0 Å². The van der Waals surface area contributed by atoms with Crippen molar-refractivity contribution < 1.29 is 14.0 Å². The molecule has 1 fully saturated rings. The van der Waals surface area contributed by atoms with Gasteiger partial charge in [0.25, 0.3) is 5.91 Å². The highest BCUT2D eigenvalue weighted by atomic mass is 16.3. The zero-order chi connectivity index (χ0) is 15.8. The molecule has 5 nitrogen and oxygen atoms in total. The predicted molar refractivity (Wildman–Crippen MR) is 84.5 cm³/mol. The van der Waals surface area contributed by atoms with E-state index in [4.69, 9.17) is 4.42 Å². The van der Waals surface area contributed by atoms with Gasteiger partial charge >= 0.3 is 0 Å². The first-order valence-corrected chi connectivity index (χ1v) is 8.33. The number of carbonyl (C=O) groups excluding carboxylic acids is 2. The highest BCUT2D eigenvalue weighted by Crippen LogP contribution is 2.19. The van der Waals surface area contributed by atoms with Crippen LogP contribution in [0.15, 0.2) is 22.8 Å². The first-order valence-electron chi connectivity index (χ1n) is 8.33. The Bertz CT molecular complexity index is 462. The zero-order valence-electron chi connectivity index (χ0n) is 13.3. The summed E-state index contributed by atoms with van der Waals surface area (Å²) in [4.78, 5) is 26.0. The molecule has 5 heteroatoms. The predicted octanol–water partition coefficient (Wildman–Crippen LogP) is 2.83. The molecule has 2 rings (SSSR count). The van der Waals surface area contributed by atoms with E-state index in [1.807, 2.05) is 0 Å². The maximum Gasteiger partial charge on any atom is 0.289 e. The molecule has 0 aromatic carbocycles. The van der Waals surface area contributed by atoms with E-state index in [0.717, 1.165) is 25.8 Å². The lowest BCUT2D eigenvalue weighted by molar-refractivity contribution is -0.126. The van der Waals surface area contributed by atoms with E-state index in [9.17, 15) is 9.59 Å². The second-order valence-electron chi connectivity index (χ2n) is 5.90. The van der Waals surface area contributed by atoms with Gasteiger partial charge in [-0.05, 0) is 31.4 Å². The van der Waals surface area contributed by atoms with Gasteiger partial charge in [0.05, 0.1) is 6.26 Å². The average Bonchev–Trinajstić information content (AvgIpc) is 3.08. The van der Waals surface area contributed by atoms with Crippen LogP contribution in [0, 0.1) is 5.92 Å². The van der Waals surface area contributed by atoms with E-state index >= 15 is 0 Å². The fourth-order valence-electron chi connectivity index (χ4n) is 2.81. The molecular formula is C17H26N2O3. The highest BCUT2D eigenvalue weighted by molar-refractivity contribution is 5.91. The van der Waals surface area contributed by atoms with E-state index < -0.39 is 0 Å². The highest BCUT2D eigenvalue weighted by Gasteiger charge is 2.28. The molecule has 1 saturated heterocycles. The van der Waals surface area contributed by atoms with E-state index in [-0.39, 0.29) is 17.7 Å². The summed E-state index contributed by atoms with van der Waals surface area (Å²) in [6, 6.07) is 3.39. The van der Waals surface area contributed by atoms with Crippen LogP contribution in [0.4, 0.5) is 0 Å². The molecule has 2 heterocycles. The lowest BCUT2D eigenvalue weighted by Crippen LogP contribution is -2.43. The molecular weight excluding hydrogens is 280 g/mol. The Balaban J connectivity index is 1.68. The Morgan fingerprint density at radius 3 is 2.68 bits per heavy atom. The number of unbranched alkanes of at least 4 members (excludes halogenated alkanes) is 3. The Morgan fingerprint density at radius 1 is 1.27 bits per heavy atom. The van der Waals surface area contributed by atoms with Crippen LogP contribution in [-0.4, -0.2) is 36.3 Å². The molecule has 0 saturated carbocycles. The summed E-state index contributed by atoms with van der Waals surface area (Å²) in [6.45, 7) is 4.18. The van der Waals surface area contributed by atoms with E-state index in [1.165, 1.54) is 25.5 Å². The minimum Gasteiger partial charge on any atom is -0.459 e. The summed E-state index contributed by atoms with van der Waals surface area (Å²) in [5.74, 6) is 0.468. The Hall–Kier alpha value is -1.78. The van der Waals surface area contributed by atoms with Crippen LogP contribution < -0.4 is 5.32 Å². The van der Waals surface area contributed by atoms with Gasteiger partial charge < -0.3 is 14.6 Å². The van der Waals surface area contributed by atoms with Crippen molar-refractivity contribution >= 4 is 11.8 Å². The molecule has 22 heavy (non-hydrogen) atoms. The summed E-state index contributed by atoms with van der Waals surface area (Å²) in [5.41, 5.74) is 0. The summed E-state index contributed by atoms with van der Waals surface area (Å²) >= 11 is 0. The topological polar surface area (TPSA) is 62.6 Å². The smallest absolute Gasteiger partial charge is 0.289 e. The maximum atomic E-state index is 12.1. The quantitative estimate of drug-likeness (QED) is 0.788. The van der Waals surface area contributed by atoms with Gasteiger partial charge in [-0.1, -0.05) is 26.2 Å². The number of likely N-dealkylation sites (tertiary alicyclic amines) is 1. The number of nitrogens with one attached hydrogen (secondary N) is 1. The van der Waals surface area contributed by atoms with Gasteiger partial charge in [-0.15, -0.1) is 0 Å². The molecule has 1 aromatic rings. The van der Waals surface area contributed by atoms with Crippen molar-refractivity contribution in [2.75, 3.05) is 19.6 Å². The number of amides is 2. The van der Waals surface area contributed by atoms with E-state index in [2.05, 4.69) is 12.2 Å². The summed E-state index contributed by atoms with van der Waals surface area (Å²) < 4.78 is 5.14. The molecule has 0 bridgehead atoms. The average molecular weight is 306 g/mol. The second kappa shape index (κ2) is 8.61. The largest absolute Gasteiger partial charge is 0.459 e. The van der Waals surface area contributed by atoms with Crippen LogP contribution in [0.5, 0.6) is 0 Å². The second-order valence-corrected chi connectivity index (χ2v) is 5.90. The molecule has 1 aliphatic heterocycles. The van der Waals surface area contributed by atoms with Crippen LogP contribution in [0.2, 0.25) is 0 Å². The zero-order valence-corrected chi connectivity index (χ0v) is 13.3. The van der Waals surface area contributed by atoms with Crippen LogP contribution in [0.25, 0.3) is 0 Å². The van der Waals surface area contributed by atoms with Crippen molar-refractivity contribution in [3.05, 3.63) is 24.2 Å². The van der Waals surface area contributed by atoms with Crippen molar-refractivity contribution in [3.63, 3.8) is 0 Å². The lowest BCUT2D eigenvalue weighted by Gasteiger charge is -2.30. The van der Waals surface area contributed by atoms with Gasteiger partial charge in [-0.25, -0.2) is 0 Å². The molecule has 122 valence electrons. The molecule has 0 atom stereocenters. The van der Waals surface area contributed by atoms with E-state index in [1.54, 1.807) is 17.0 Å². The number of hydrogen-bond acceptors (Lipinski definition) is 3. The molecule has 0 spiro atoms. The third kappa shape index (κ3) is 4.61. The molecule has 1 aliphatic rings. The Morgan fingerprint density at radius 2 is 2.05 bits per heavy atom. The number of nitrogens with zero attached hydrogens (tertiary/aromatic N) is 1. The minimum absolute atomic E-state index is 0.0341. The van der Waals surface area contributed by atoms with Crippen molar-refractivity contribution in [2.24, 2.45) is 5.92 Å². The lowest BCUT2D eigenvalue weighted by atomic mass is 9.95. The van der Waals surface area contributed by atoms with Gasteiger partial charge in [0.1, 0.15) is 0 Å². The number of furan rings is 1. The minimum atomic E-state index is -0.0802. The van der Waals surface area contributed by atoms with Crippen molar-refractivity contribution in [2.45, 2.75) is 45.4 Å². The van der Waals surface area contributed by atoms with E-state index in [0.29, 0.717) is 18.8 Å². The number of carbonyl (C=O) groups is 2. The third-order valence-corrected chi connectivity index (χ3v) is 4.21. The normalized spacial score (nSPS) is 15.8. The van der Waals surface area contributed by atoms with Crippen molar-refractivity contribution in [3.8, 4) is 0 Å². The first-order chi connectivity index (χ1) is 10.7. The molecule has 0 radical (unpaired) electrons. The first kappa shape index (κ1) is 16.6. The number of piperidine rings is 1. The maximum absolute atomic E-state index is 12.1. The summed E-state index contributed by atoms with van der Waals surface area (Å²) in [6.07, 6.45) is 7.62. The fraction of sp³-hybridized carbons (Fsp3) is 0.647. The molecule has 2 amide bonds. The van der Waals surface area contributed by atoms with Gasteiger partial charge in [0, 0.05) is 25.6 Å². The SMILES string of the molecule is CCCCCCNC(=O)C1CCN(C(=O)c2ccco2)CC1. The van der Waals surface area contributed by atoms with Gasteiger partial charge in [-0.2, -0.15) is 0 Å². The van der Waals surface area contributed by atoms with Crippen LogP contribution in [0.3, 0.4) is 0 Å². The molecule has 0 unspecified atom stereocenters. The third-order valence-electron chi connectivity index (χ3n) is 4.21. The number of rotatable bonds is 7. The van der Waals surface area contributed by atoms with Crippen LogP contribution >= 0.6 is 0 Å². The van der Waals surface area contributed by atoms with Gasteiger partial charge in [-0.3, -0.25) is 9.59 Å². The van der Waals surface area contributed by atoms with Crippen molar-refractivity contribution in [1.29, 1.82) is 0 Å².